The van der Waals surface area contributed by atoms with E-state index in [1.807, 2.05) is 31.2 Å². The zero-order chi connectivity index (χ0) is 14.7. The van der Waals surface area contributed by atoms with Crippen molar-refractivity contribution < 1.29 is 4.74 Å². The van der Waals surface area contributed by atoms with Gasteiger partial charge in [0, 0.05) is 0 Å². The van der Waals surface area contributed by atoms with E-state index in [0.29, 0.717) is 24.6 Å². The van der Waals surface area contributed by atoms with E-state index in [0.717, 1.165) is 11.1 Å². The van der Waals surface area contributed by atoms with Crippen LogP contribution in [-0.4, -0.2) is 33.3 Å². The van der Waals surface area contributed by atoms with E-state index in [9.17, 15) is 0 Å². The number of nitrogens with one attached hydrogen (secondary N) is 2. The Kier molecular flexibility index (Phi) is 3.87. The molecule has 0 atom stereocenters. The first-order chi connectivity index (χ1) is 10.2. The van der Waals surface area contributed by atoms with E-state index in [1.54, 1.807) is 6.20 Å². The minimum atomic E-state index is 0.175. The lowest BCUT2D eigenvalue weighted by atomic mass is 10.2. The Labute approximate surface area is 126 Å². The second kappa shape index (κ2) is 5.97. The maximum absolute atomic E-state index is 5.87. The van der Waals surface area contributed by atoms with Gasteiger partial charge in [-0.05, 0) is 36.2 Å². The highest BCUT2D eigenvalue weighted by molar-refractivity contribution is 6.28. The number of nitrogens with zero attached hydrogens (tertiary/aromatic N) is 3. The van der Waals surface area contributed by atoms with Crippen LogP contribution in [0.4, 0.5) is 5.82 Å². The molecule has 0 aliphatic heterocycles. The predicted octanol–water partition coefficient (Wildman–Crippen LogP) is 2.81. The normalized spacial score (nSPS) is 10.8. The van der Waals surface area contributed by atoms with Crippen LogP contribution in [0.1, 0.15) is 5.56 Å². The number of H-pyrrole nitrogens is 1. The van der Waals surface area contributed by atoms with Gasteiger partial charge in [-0.1, -0.05) is 12.1 Å². The molecular weight excluding hydrogens is 290 g/mol. The van der Waals surface area contributed by atoms with E-state index in [2.05, 4.69) is 25.5 Å². The molecule has 2 heterocycles. The SMILES string of the molecule is Cc1cccc(OCCNc2nc(Cl)nc3[nH]ncc23)c1. The molecule has 2 N–H and O–H groups in total. The summed E-state index contributed by atoms with van der Waals surface area (Å²) in [6.07, 6.45) is 1.66. The summed E-state index contributed by atoms with van der Waals surface area (Å²) in [7, 11) is 0. The minimum Gasteiger partial charge on any atom is -0.492 e. The van der Waals surface area contributed by atoms with Crippen molar-refractivity contribution in [3.8, 4) is 5.75 Å². The molecular formula is C14H14ClN5O. The summed E-state index contributed by atoms with van der Waals surface area (Å²) in [4.78, 5) is 8.21. The van der Waals surface area contributed by atoms with E-state index in [-0.39, 0.29) is 5.28 Å². The van der Waals surface area contributed by atoms with Crippen molar-refractivity contribution in [1.82, 2.24) is 20.2 Å². The van der Waals surface area contributed by atoms with Gasteiger partial charge < -0.3 is 10.1 Å². The molecule has 6 nitrogen and oxygen atoms in total. The van der Waals surface area contributed by atoms with Crippen LogP contribution in [0.15, 0.2) is 30.5 Å². The lowest BCUT2D eigenvalue weighted by Gasteiger charge is -2.09. The summed E-state index contributed by atoms with van der Waals surface area (Å²) in [6, 6.07) is 7.93. The Bertz CT molecular complexity index is 758. The van der Waals surface area contributed by atoms with Crippen LogP contribution in [0.5, 0.6) is 5.75 Å². The standard InChI is InChI=1S/C14H14ClN5O/c1-9-3-2-4-10(7-9)21-6-5-16-12-11-8-17-20-13(11)19-14(15)18-12/h2-4,7-8H,5-6H2,1H3,(H2,16,17,18,19,20). The lowest BCUT2D eigenvalue weighted by molar-refractivity contribution is 0.332. The van der Waals surface area contributed by atoms with Crippen molar-refractivity contribution >= 4 is 28.5 Å². The maximum atomic E-state index is 5.87. The zero-order valence-corrected chi connectivity index (χ0v) is 12.2. The first kappa shape index (κ1) is 13.6. The highest BCUT2D eigenvalue weighted by atomic mass is 35.5. The Morgan fingerprint density at radius 1 is 1.33 bits per heavy atom. The van der Waals surface area contributed by atoms with Crippen LogP contribution in [0, 0.1) is 6.92 Å². The Morgan fingerprint density at radius 3 is 3.10 bits per heavy atom. The van der Waals surface area contributed by atoms with Crippen molar-refractivity contribution in [3.63, 3.8) is 0 Å². The van der Waals surface area contributed by atoms with Crippen LogP contribution < -0.4 is 10.1 Å². The number of aromatic nitrogens is 4. The van der Waals surface area contributed by atoms with Gasteiger partial charge in [0.05, 0.1) is 18.1 Å². The van der Waals surface area contributed by atoms with Gasteiger partial charge in [-0.15, -0.1) is 0 Å². The molecule has 0 aliphatic rings. The Hall–Kier alpha value is -2.34. The number of aryl methyl sites for hydroxylation is 1. The van der Waals surface area contributed by atoms with Crippen LogP contribution in [0.3, 0.4) is 0 Å². The summed E-state index contributed by atoms with van der Waals surface area (Å²) in [5.41, 5.74) is 1.78. The van der Waals surface area contributed by atoms with Gasteiger partial charge >= 0.3 is 0 Å². The second-order valence-corrected chi connectivity index (χ2v) is 4.90. The third-order valence-electron chi connectivity index (χ3n) is 2.94. The van der Waals surface area contributed by atoms with Crippen LogP contribution in [0.2, 0.25) is 5.28 Å². The fourth-order valence-electron chi connectivity index (χ4n) is 1.99. The van der Waals surface area contributed by atoms with Gasteiger partial charge in [0.25, 0.3) is 0 Å². The van der Waals surface area contributed by atoms with Gasteiger partial charge in [-0.2, -0.15) is 15.1 Å². The summed E-state index contributed by atoms with van der Waals surface area (Å²) < 4.78 is 5.67. The molecule has 7 heteroatoms. The molecule has 0 saturated carbocycles. The van der Waals surface area contributed by atoms with E-state index in [4.69, 9.17) is 16.3 Å². The molecule has 0 fully saturated rings. The first-order valence-electron chi connectivity index (χ1n) is 6.52. The molecule has 0 amide bonds. The van der Waals surface area contributed by atoms with E-state index < -0.39 is 0 Å². The fourth-order valence-corrected chi connectivity index (χ4v) is 2.15. The van der Waals surface area contributed by atoms with Crippen molar-refractivity contribution in [1.29, 1.82) is 0 Å². The lowest BCUT2D eigenvalue weighted by Crippen LogP contribution is -2.12. The summed E-state index contributed by atoms with van der Waals surface area (Å²) >= 11 is 5.87. The smallest absolute Gasteiger partial charge is 0.226 e. The highest BCUT2D eigenvalue weighted by Crippen LogP contribution is 2.19. The average molecular weight is 304 g/mol. The number of hydrogen-bond acceptors (Lipinski definition) is 5. The summed E-state index contributed by atoms with van der Waals surface area (Å²) in [6.45, 7) is 3.15. The first-order valence-corrected chi connectivity index (χ1v) is 6.90. The topological polar surface area (TPSA) is 75.7 Å². The Balaban J connectivity index is 1.61. The quantitative estimate of drug-likeness (QED) is 0.560. The molecule has 3 aromatic rings. The van der Waals surface area contributed by atoms with Crippen LogP contribution in [0.25, 0.3) is 11.0 Å². The number of benzene rings is 1. The van der Waals surface area contributed by atoms with E-state index in [1.165, 1.54) is 5.56 Å². The van der Waals surface area contributed by atoms with Gasteiger partial charge in [0.2, 0.25) is 5.28 Å². The largest absolute Gasteiger partial charge is 0.492 e. The van der Waals surface area contributed by atoms with Crippen molar-refractivity contribution in [2.75, 3.05) is 18.5 Å². The van der Waals surface area contributed by atoms with Gasteiger partial charge in [-0.25, -0.2) is 0 Å². The number of halogens is 1. The second-order valence-electron chi connectivity index (χ2n) is 4.57. The Morgan fingerprint density at radius 2 is 2.24 bits per heavy atom. The third-order valence-corrected chi connectivity index (χ3v) is 3.10. The molecule has 0 aliphatic carbocycles. The monoisotopic (exact) mass is 303 g/mol. The highest BCUT2D eigenvalue weighted by Gasteiger charge is 2.07. The third kappa shape index (κ3) is 3.22. The maximum Gasteiger partial charge on any atom is 0.226 e. The van der Waals surface area contributed by atoms with Gasteiger partial charge in [0.15, 0.2) is 5.65 Å². The predicted molar refractivity (Wildman–Crippen MR) is 81.9 cm³/mol. The molecule has 21 heavy (non-hydrogen) atoms. The van der Waals surface area contributed by atoms with Gasteiger partial charge in [-0.3, -0.25) is 5.10 Å². The summed E-state index contributed by atoms with van der Waals surface area (Å²) in [5, 5.41) is 10.9. The molecule has 0 spiro atoms. The molecule has 0 unspecified atom stereocenters. The number of rotatable bonds is 5. The number of fused-ring (bicyclic) bond motifs is 1. The molecule has 1 aromatic carbocycles. The number of ether oxygens (including phenoxy) is 1. The van der Waals surface area contributed by atoms with E-state index >= 15 is 0 Å². The number of hydrogen-bond donors (Lipinski definition) is 2. The van der Waals surface area contributed by atoms with Crippen molar-refractivity contribution in [2.45, 2.75) is 6.92 Å². The van der Waals surface area contributed by atoms with Gasteiger partial charge in [0.1, 0.15) is 18.2 Å². The molecule has 0 bridgehead atoms. The van der Waals surface area contributed by atoms with Crippen LogP contribution >= 0.6 is 11.6 Å². The van der Waals surface area contributed by atoms with Crippen LogP contribution in [-0.2, 0) is 0 Å². The minimum absolute atomic E-state index is 0.175. The average Bonchev–Trinajstić information content (AvgIpc) is 2.91. The molecule has 0 saturated heterocycles. The molecule has 2 aromatic heterocycles. The van der Waals surface area contributed by atoms with Crippen molar-refractivity contribution in [3.05, 3.63) is 41.3 Å². The molecule has 3 rings (SSSR count). The number of aromatic amines is 1. The number of anilines is 1. The fraction of sp³-hybridized carbons (Fsp3) is 0.214. The summed E-state index contributed by atoms with van der Waals surface area (Å²) in [5.74, 6) is 1.50. The molecule has 108 valence electrons. The molecule has 0 radical (unpaired) electrons. The van der Waals surface area contributed by atoms with Crippen molar-refractivity contribution in [2.24, 2.45) is 0 Å². The zero-order valence-electron chi connectivity index (χ0n) is 11.4.